The van der Waals surface area contributed by atoms with Crippen molar-refractivity contribution in [2.45, 2.75) is 36.8 Å². The Morgan fingerprint density at radius 2 is 1.71 bits per heavy atom. The fourth-order valence-corrected chi connectivity index (χ4v) is 5.19. The number of anilines is 1. The molecule has 0 spiro atoms. The molecule has 1 N–H and O–H groups in total. The summed E-state index contributed by atoms with van der Waals surface area (Å²) < 4.78 is 66.3. The number of nitrogens with zero attached hydrogens (tertiary/aromatic N) is 1. The van der Waals surface area contributed by atoms with E-state index in [-0.39, 0.29) is 22.7 Å². The Hall–Kier alpha value is -2.10. The summed E-state index contributed by atoms with van der Waals surface area (Å²) in [6.45, 7) is 0.590. The topological polar surface area (TPSA) is 66.5 Å². The lowest BCUT2D eigenvalue weighted by Gasteiger charge is -2.20. The SMILES string of the molecule is O=C(CNc1ccc(Cl)c(C(F)(F)F)c1)c1cccc(S(=O)(=O)N2CCCCCC2)c1. The molecule has 0 atom stereocenters. The van der Waals surface area contributed by atoms with Gasteiger partial charge in [-0.3, -0.25) is 4.79 Å². The molecule has 2 aromatic rings. The average molecular weight is 475 g/mol. The van der Waals surface area contributed by atoms with Crippen LogP contribution in [0, 0.1) is 0 Å². The summed E-state index contributed by atoms with van der Waals surface area (Å²) in [5.74, 6) is -0.448. The highest BCUT2D eigenvalue weighted by molar-refractivity contribution is 7.89. The fraction of sp³-hybridized carbons (Fsp3) is 0.381. The van der Waals surface area contributed by atoms with Crippen molar-refractivity contribution in [3.05, 3.63) is 58.6 Å². The van der Waals surface area contributed by atoms with Crippen LogP contribution in [-0.2, 0) is 16.2 Å². The lowest BCUT2D eigenvalue weighted by molar-refractivity contribution is -0.137. The summed E-state index contributed by atoms with van der Waals surface area (Å²) >= 11 is 5.60. The van der Waals surface area contributed by atoms with Crippen molar-refractivity contribution in [1.29, 1.82) is 0 Å². The second-order valence-electron chi connectivity index (χ2n) is 7.32. The maximum Gasteiger partial charge on any atom is 0.417 e. The molecule has 0 aliphatic carbocycles. The molecule has 1 heterocycles. The van der Waals surface area contributed by atoms with Gasteiger partial charge in [0.15, 0.2) is 5.78 Å². The van der Waals surface area contributed by atoms with Crippen molar-refractivity contribution in [2.24, 2.45) is 0 Å². The van der Waals surface area contributed by atoms with E-state index in [0.717, 1.165) is 37.8 Å². The summed E-state index contributed by atoms with van der Waals surface area (Å²) in [6.07, 6.45) is -1.06. The minimum absolute atomic E-state index is 0.0334. The van der Waals surface area contributed by atoms with Crippen molar-refractivity contribution >= 4 is 33.1 Å². The molecule has 168 valence electrons. The molecule has 0 bridgehead atoms. The van der Waals surface area contributed by atoms with E-state index in [2.05, 4.69) is 5.32 Å². The quantitative estimate of drug-likeness (QED) is 0.583. The number of halogens is 4. The highest BCUT2D eigenvalue weighted by Crippen LogP contribution is 2.36. The zero-order valence-corrected chi connectivity index (χ0v) is 18.2. The van der Waals surface area contributed by atoms with E-state index in [4.69, 9.17) is 11.6 Å². The molecular formula is C21H22ClF3N2O3S. The number of alkyl halides is 3. The number of carbonyl (C=O) groups excluding carboxylic acids is 1. The van der Waals surface area contributed by atoms with Gasteiger partial charge in [-0.1, -0.05) is 36.6 Å². The Morgan fingerprint density at radius 1 is 1.03 bits per heavy atom. The Labute approximate surface area is 184 Å². The zero-order chi connectivity index (χ0) is 22.6. The van der Waals surface area contributed by atoms with Gasteiger partial charge in [0, 0.05) is 24.3 Å². The van der Waals surface area contributed by atoms with Crippen molar-refractivity contribution in [2.75, 3.05) is 25.0 Å². The molecule has 10 heteroatoms. The number of hydrogen-bond donors (Lipinski definition) is 1. The normalized spacial score (nSPS) is 16.0. The van der Waals surface area contributed by atoms with Gasteiger partial charge in [0.05, 0.1) is 22.0 Å². The first-order valence-electron chi connectivity index (χ1n) is 9.83. The third-order valence-corrected chi connectivity index (χ3v) is 7.31. The van der Waals surface area contributed by atoms with Gasteiger partial charge in [-0.25, -0.2) is 8.42 Å². The Balaban J connectivity index is 1.73. The van der Waals surface area contributed by atoms with Gasteiger partial charge in [-0.15, -0.1) is 0 Å². The molecule has 0 unspecified atom stereocenters. The van der Waals surface area contributed by atoms with E-state index < -0.39 is 32.6 Å². The Kier molecular flexibility index (Phi) is 7.28. The van der Waals surface area contributed by atoms with E-state index in [1.54, 1.807) is 0 Å². The molecule has 31 heavy (non-hydrogen) atoms. The fourth-order valence-electron chi connectivity index (χ4n) is 3.40. The molecule has 0 radical (unpaired) electrons. The van der Waals surface area contributed by atoms with Gasteiger partial charge in [0.2, 0.25) is 10.0 Å². The van der Waals surface area contributed by atoms with Crippen LogP contribution in [0.4, 0.5) is 18.9 Å². The highest BCUT2D eigenvalue weighted by Gasteiger charge is 2.33. The monoisotopic (exact) mass is 474 g/mol. The van der Waals surface area contributed by atoms with Crippen LogP contribution in [0.25, 0.3) is 0 Å². The van der Waals surface area contributed by atoms with Crippen LogP contribution in [0.5, 0.6) is 0 Å². The molecule has 1 aliphatic heterocycles. The summed E-state index contributed by atoms with van der Waals surface area (Å²) in [5, 5.41) is 2.21. The van der Waals surface area contributed by atoms with Crippen molar-refractivity contribution < 1.29 is 26.4 Å². The summed E-state index contributed by atoms with van der Waals surface area (Å²) in [4.78, 5) is 12.6. The molecule has 0 aromatic heterocycles. The predicted molar refractivity (Wildman–Crippen MR) is 113 cm³/mol. The first kappa shape index (κ1) is 23.6. The van der Waals surface area contributed by atoms with E-state index in [0.29, 0.717) is 13.1 Å². The summed E-state index contributed by atoms with van der Waals surface area (Å²) in [5.41, 5.74) is -0.760. The molecular weight excluding hydrogens is 453 g/mol. The number of benzene rings is 2. The van der Waals surface area contributed by atoms with Crippen LogP contribution >= 0.6 is 11.6 Å². The van der Waals surface area contributed by atoms with E-state index in [1.807, 2.05) is 0 Å². The lowest BCUT2D eigenvalue weighted by atomic mass is 10.1. The number of nitrogens with one attached hydrogen (secondary N) is 1. The highest BCUT2D eigenvalue weighted by atomic mass is 35.5. The molecule has 0 saturated carbocycles. The Bertz CT molecular complexity index is 1050. The van der Waals surface area contributed by atoms with Crippen LogP contribution in [-0.4, -0.2) is 38.1 Å². The lowest BCUT2D eigenvalue weighted by Crippen LogP contribution is -2.32. The van der Waals surface area contributed by atoms with Gasteiger partial charge in [0.1, 0.15) is 0 Å². The van der Waals surface area contributed by atoms with E-state index in [9.17, 15) is 26.4 Å². The minimum atomic E-state index is -4.62. The van der Waals surface area contributed by atoms with E-state index >= 15 is 0 Å². The zero-order valence-electron chi connectivity index (χ0n) is 16.6. The minimum Gasteiger partial charge on any atom is -0.378 e. The molecule has 5 nitrogen and oxygen atoms in total. The van der Waals surface area contributed by atoms with Crippen LogP contribution in [0.3, 0.4) is 0 Å². The molecule has 2 aromatic carbocycles. The van der Waals surface area contributed by atoms with Gasteiger partial charge < -0.3 is 5.32 Å². The standard InChI is InChI=1S/C21H22ClF3N2O3S/c22-19-9-8-16(13-18(19)21(23,24)25)26-14-20(28)15-6-5-7-17(12-15)31(29,30)27-10-3-1-2-4-11-27/h5-9,12-13,26H,1-4,10-11,14H2. The number of carbonyl (C=O) groups is 1. The molecule has 1 aliphatic rings. The van der Waals surface area contributed by atoms with Crippen molar-refractivity contribution in [1.82, 2.24) is 4.31 Å². The molecule has 1 saturated heterocycles. The van der Waals surface area contributed by atoms with Gasteiger partial charge in [0.25, 0.3) is 0 Å². The smallest absolute Gasteiger partial charge is 0.378 e. The van der Waals surface area contributed by atoms with Gasteiger partial charge >= 0.3 is 6.18 Å². The van der Waals surface area contributed by atoms with Crippen molar-refractivity contribution in [3.8, 4) is 0 Å². The third-order valence-electron chi connectivity index (χ3n) is 5.08. The maximum absolute atomic E-state index is 13.0. The molecule has 3 rings (SSSR count). The summed E-state index contributed by atoms with van der Waals surface area (Å²) in [7, 11) is -3.71. The van der Waals surface area contributed by atoms with Crippen LogP contribution in [0.1, 0.15) is 41.6 Å². The average Bonchev–Trinajstić information content (AvgIpc) is 3.02. The van der Waals surface area contributed by atoms with Gasteiger partial charge in [-0.2, -0.15) is 17.5 Å². The maximum atomic E-state index is 13.0. The number of ketones is 1. The van der Waals surface area contributed by atoms with Crippen LogP contribution < -0.4 is 5.32 Å². The largest absolute Gasteiger partial charge is 0.417 e. The first-order valence-corrected chi connectivity index (χ1v) is 11.6. The number of Topliss-reactive ketones (excluding diaryl/α,β-unsaturated/α-hetero) is 1. The van der Waals surface area contributed by atoms with E-state index in [1.165, 1.54) is 34.6 Å². The number of rotatable bonds is 6. The Morgan fingerprint density at radius 3 is 2.35 bits per heavy atom. The molecule has 1 fully saturated rings. The second-order valence-corrected chi connectivity index (χ2v) is 9.66. The summed E-state index contributed by atoms with van der Waals surface area (Å²) in [6, 6.07) is 9.00. The number of hydrogen-bond acceptors (Lipinski definition) is 4. The van der Waals surface area contributed by atoms with Crippen LogP contribution in [0.2, 0.25) is 5.02 Å². The second kappa shape index (κ2) is 9.58. The van der Waals surface area contributed by atoms with Crippen molar-refractivity contribution in [3.63, 3.8) is 0 Å². The van der Waals surface area contributed by atoms with Crippen LogP contribution in [0.15, 0.2) is 47.4 Å². The van der Waals surface area contributed by atoms with Gasteiger partial charge in [-0.05, 0) is 43.2 Å². The third kappa shape index (κ3) is 5.78. The predicted octanol–water partition coefficient (Wildman–Crippen LogP) is 5.22. The first-order chi connectivity index (χ1) is 14.6. The molecule has 0 amide bonds. The number of sulfonamides is 1.